The molecule has 0 aromatic heterocycles. The molecule has 0 aliphatic heterocycles. The first-order chi connectivity index (χ1) is 11.5. The van der Waals surface area contributed by atoms with Crippen LogP contribution in [0.25, 0.3) is 11.1 Å². The SMILES string of the molecule is C=CN=CN(C)Cc1cc(-c2ccccc2)cc(C(C)(C)C#N)c1. The van der Waals surface area contributed by atoms with Crippen LogP contribution >= 0.6 is 0 Å². The predicted molar refractivity (Wildman–Crippen MR) is 101 cm³/mol. The van der Waals surface area contributed by atoms with Gasteiger partial charge in [-0.15, -0.1) is 0 Å². The van der Waals surface area contributed by atoms with E-state index in [1.54, 1.807) is 6.34 Å². The third kappa shape index (κ3) is 4.33. The summed E-state index contributed by atoms with van der Waals surface area (Å²) in [4.78, 5) is 6.04. The average Bonchev–Trinajstić information content (AvgIpc) is 2.60. The number of nitriles is 1. The lowest BCUT2D eigenvalue weighted by Gasteiger charge is -2.20. The highest BCUT2D eigenvalue weighted by molar-refractivity contribution is 5.66. The molecule has 122 valence electrons. The van der Waals surface area contributed by atoms with E-state index in [1.807, 2.05) is 44.0 Å². The number of aliphatic imine (C=N–C) groups is 1. The van der Waals surface area contributed by atoms with Crippen LogP contribution in [0.2, 0.25) is 0 Å². The Hall–Kier alpha value is -2.86. The molecule has 0 aliphatic carbocycles. The van der Waals surface area contributed by atoms with Crippen LogP contribution in [-0.2, 0) is 12.0 Å². The summed E-state index contributed by atoms with van der Waals surface area (Å²) in [5, 5.41) is 9.51. The molecule has 0 saturated carbocycles. The summed E-state index contributed by atoms with van der Waals surface area (Å²) in [5.41, 5.74) is 3.91. The standard InChI is InChI=1S/C21H23N3/c1-5-23-16-24(4)14-17-11-19(18-9-7-6-8-10-18)13-20(12-17)21(2,3)15-22/h5-13,16H,1,14H2,2-4H3. The van der Waals surface area contributed by atoms with Crippen molar-refractivity contribution in [2.24, 2.45) is 4.99 Å². The smallest absolute Gasteiger partial charge is 0.0905 e. The van der Waals surface area contributed by atoms with Gasteiger partial charge in [-0.2, -0.15) is 5.26 Å². The molecule has 2 aromatic rings. The van der Waals surface area contributed by atoms with Crippen molar-refractivity contribution in [3.8, 4) is 17.2 Å². The molecule has 2 aromatic carbocycles. The van der Waals surface area contributed by atoms with Gasteiger partial charge in [0.05, 0.1) is 17.8 Å². The predicted octanol–water partition coefficient (Wildman–Crippen LogP) is 4.76. The summed E-state index contributed by atoms with van der Waals surface area (Å²) in [6, 6.07) is 19.0. The molecule has 0 amide bonds. The van der Waals surface area contributed by atoms with Crippen molar-refractivity contribution in [2.45, 2.75) is 25.8 Å². The average molecular weight is 317 g/mol. The molecule has 0 spiro atoms. The van der Waals surface area contributed by atoms with E-state index in [-0.39, 0.29) is 0 Å². The van der Waals surface area contributed by atoms with Crippen molar-refractivity contribution in [2.75, 3.05) is 7.05 Å². The molecule has 0 radical (unpaired) electrons. The molecule has 2 rings (SSSR count). The number of benzene rings is 2. The van der Waals surface area contributed by atoms with Gasteiger partial charge in [0.15, 0.2) is 0 Å². The van der Waals surface area contributed by atoms with Crippen molar-refractivity contribution in [1.29, 1.82) is 5.26 Å². The van der Waals surface area contributed by atoms with Gasteiger partial charge in [0.1, 0.15) is 0 Å². The highest BCUT2D eigenvalue weighted by Crippen LogP contribution is 2.29. The zero-order valence-corrected chi connectivity index (χ0v) is 14.5. The van der Waals surface area contributed by atoms with Gasteiger partial charge in [0.2, 0.25) is 0 Å². The zero-order valence-electron chi connectivity index (χ0n) is 14.5. The molecule has 3 heteroatoms. The molecule has 3 nitrogen and oxygen atoms in total. The van der Waals surface area contributed by atoms with E-state index in [4.69, 9.17) is 0 Å². The topological polar surface area (TPSA) is 39.4 Å². The number of rotatable bonds is 6. The summed E-state index contributed by atoms with van der Waals surface area (Å²) < 4.78 is 0. The maximum Gasteiger partial charge on any atom is 0.0905 e. The fraction of sp³-hybridized carbons (Fsp3) is 0.238. The monoisotopic (exact) mass is 317 g/mol. The first kappa shape index (κ1) is 17.5. The Labute approximate surface area is 144 Å². The van der Waals surface area contributed by atoms with Crippen molar-refractivity contribution < 1.29 is 0 Å². The molecule has 0 heterocycles. The lowest BCUT2D eigenvalue weighted by atomic mass is 9.83. The number of hydrogen-bond donors (Lipinski definition) is 0. The van der Waals surface area contributed by atoms with E-state index >= 15 is 0 Å². The molecule has 0 bridgehead atoms. The Morgan fingerprint density at radius 3 is 2.50 bits per heavy atom. The second kappa shape index (κ2) is 7.61. The molecule has 0 unspecified atom stereocenters. The normalized spacial score (nSPS) is 11.2. The van der Waals surface area contributed by atoms with Crippen molar-refractivity contribution in [3.63, 3.8) is 0 Å². The van der Waals surface area contributed by atoms with Gasteiger partial charge in [0.25, 0.3) is 0 Å². The minimum atomic E-state index is -0.534. The minimum Gasteiger partial charge on any atom is -0.361 e. The Kier molecular flexibility index (Phi) is 5.55. The first-order valence-electron chi connectivity index (χ1n) is 7.92. The maximum absolute atomic E-state index is 9.51. The van der Waals surface area contributed by atoms with E-state index in [9.17, 15) is 5.26 Å². The van der Waals surface area contributed by atoms with Gasteiger partial charge in [-0.05, 0) is 48.2 Å². The van der Waals surface area contributed by atoms with Gasteiger partial charge in [-0.1, -0.05) is 43.0 Å². The van der Waals surface area contributed by atoms with E-state index in [2.05, 4.69) is 48.0 Å². The highest BCUT2D eigenvalue weighted by atomic mass is 15.1. The van der Waals surface area contributed by atoms with Crippen LogP contribution in [0.3, 0.4) is 0 Å². The van der Waals surface area contributed by atoms with Crippen LogP contribution in [0.4, 0.5) is 0 Å². The molecule has 0 N–H and O–H groups in total. The van der Waals surface area contributed by atoms with E-state index in [1.165, 1.54) is 6.20 Å². The lowest BCUT2D eigenvalue weighted by molar-refractivity contribution is 0.515. The quantitative estimate of drug-likeness (QED) is 0.569. The van der Waals surface area contributed by atoms with Crippen LogP contribution in [0.1, 0.15) is 25.0 Å². The van der Waals surface area contributed by atoms with Crippen molar-refractivity contribution >= 4 is 6.34 Å². The van der Waals surface area contributed by atoms with E-state index < -0.39 is 5.41 Å². The van der Waals surface area contributed by atoms with Crippen LogP contribution < -0.4 is 0 Å². The number of hydrogen-bond acceptors (Lipinski definition) is 2. The number of nitrogens with zero attached hydrogens (tertiary/aromatic N) is 3. The van der Waals surface area contributed by atoms with Gasteiger partial charge < -0.3 is 4.90 Å². The molecule has 24 heavy (non-hydrogen) atoms. The summed E-state index contributed by atoms with van der Waals surface area (Å²) in [5.74, 6) is 0. The fourth-order valence-corrected chi connectivity index (χ4v) is 2.50. The van der Waals surface area contributed by atoms with Crippen LogP contribution in [0.5, 0.6) is 0 Å². The molecular weight excluding hydrogens is 294 g/mol. The van der Waals surface area contributed by atoms with Crippen LogP contribution in [-0.4, -0.2) is 18.3 Å². The van der Waals surface area contributed by atoms with Crippen LogP contribution in [0, 0.1) is 11.3 Å². The first-order valence-corrected chi connectivity index (χ1v) is 7.92. The molecule has 0 aliphatic rings. The third-order valence-corrected chi connectivity index (χ3v) is 3.90. The minimum absolute atomic E-state index is 0.534. The third-order valence-electron chi connectivity index (χ3n) is 3.90. The van der Waals surface area contributed by atoms with Gasteiger partial charge in [-0.25, -0.2) is 4.99 Å². The van der Waals surface area contributed by atoms with E-state index in [0.29, 0.717) is 6.54 Å². The largest absolute Gasteiger partial charge is 0.361 e. The Bertz CT molecular complexity index is 767. The summed E-state index contributed by atoms with van der Waals surface area (Å²) in [6.07, 6.45) is 3.26. The van der Waals surface area contributed by atoms with Crippen molar-refractivity contribution in [3.05, 3.63) is 72.4 Å². The fourth-order valence-electron chi connectivity index (χ4n) is 2.50. The van der Waals surface area contributed by atoms with Gasteiger partial charge >= 0.3 is 0 Å². The van der Waals surface area contributed by atoms with Gasteiger partial charge in [-0.3, -0.25) is 0 Å². The summed E-state index contributed by atoms with van der Waals surface area (Å²) in [7, 11) is 1.97. The highest BCUT2D eigenvalue weighted by Gasteiger charge is 2.21. The summed E-state index contributed by atoms with van der Waals surface area (Å²) in [6.45, 7) is 8.20. The molecule has 0 saturated heterocycles. The van der Waals surface area contributed by atoms with Crippen LogP contribution in [0.15, 0.2) is 66.3 Å². The Balaban J connectivity index is 2.47. The van der Waals surface area contributed by atoms with E-state index in [0.717, 1.165) is 22.3 Å². The lowest BCUT2D eigenvalue weighted by Crippen LogP contribution is -2.18. The molecule has 0 atom stereocenters. The second-order valence-corrected chi connectivity index (χ2v) is 6.38. The Morgan fingerprint density at radius 2 is 1.88 bits per heavy atom. The summed E-state index contributed by atoms with van der Waals surface area (Å²) >= 11 is 0. The Morgan fingerprint density at radius 1 is 1.17 bits per heavy atom. The molecular formula is C21H23N3. The molecule has 0 fully saturated rings. The second-order valence-electron chi connectivity index (χ2n) is 6.38. The maximum atomic E-state index is 9.51. The van der Waals surface area contributed by atoms with Crippen molar-refractivity contribution in [1.82, 2.24) is 4.90 Å². The zero-order chi connectivity index (χ0) is 17.6. The van der Waals surface area contributed by atoms with Gasteiger partial charge in [0, 0.05) is 19.8 Å².